The Kier molecular flexibility index (Phi) is 14.4. The minimum Gasteiger partial charge on any atom is -0.490 e. The van der Waals surface area contributed by atoms with Crippen LogP contribution in [0.4, 0.5) is 0 Å². The molecular formula is C22H33BrCl2N2O2. The molecule has 0 aliphatic rings. The van der Waals surface area contributed by atoms with Gasteiger partial charge in [0.1, 0.15) is 6.61 Å². The second-order valence-corrected chi connectivity index (χ2v) is 7.80. The third-order valence-corrected chi connectivity index (χ3v) is 4.75. The predicted octanol–water partition coefficient (Wildman–Crippen LogP) is 5.62. The van der Waals surface area contributed by atoms with Crippen LogP contribution in [0.5, 0.6) is 11.5 Å². The molecule has 0 atom stereocenters. The third kappa shape index (κ3) is 10.1. The first kappa shape index (κ1) is 28.0. The van der Waals surface area contributed by atoms with Gasteiger partial charge in [0.2, 0.25) is 0 Å². The number of aryl methyl sites for hydroxylation is 1. The smallest absolute Gasteiger partial charge is 0.175 e. The van der Waals surface area contributed by atoms with Gasteiger partial charge in [-0.2, -0.15) is 0 Å². The van der Waals surface area contributed by atoms with E-state index in [1.54, 1.807) is 0 Å². The first-order valence-electron chi connectivity index (χ1n) is 9.48. The molecule has 29 heavy (non-hydrogen) atoms. The second-order valence-electron chi connectivity index (χ2n) is 6.95. The van der Waals surface area contributed by atoms with Crippen LogP contribution >= 0.6 is 40.7 Å². The van der Waals surface area contributed by atoms with Crippen molar-refractivity contribution in [3.8, 4) is 11.5 Å². The highest BCUT2D eigenvalue weighted by molar-refractivity contribution is 9.10. The average Bonchev–Trinajstić information content (AvgIpc) is 2.62. The lowest BCUT2D eigenvalue weighted by Gasteiger charge is -2.16. The van der Waals surface area contributed by atoms with Crippen molar-refractivity contribution in [2.24, 2.45) is 0 Å². The fourth-order valence-electron chi connectivity index (χ4n) is 2.72. The number of halogens is 3. The molecule has 0 spiro atoms. The Hall–Kier alpha value is -0.980. The zero-order valence-electron chi connectivity index (χ0n) is 17.7. The topological polar surface area (TPSA) is 33.7 Å². The van der Waals surface area contributed by atoms with Gasteiger partial charge in [0, 0.05) is 6.54 Å². The van der Waals surface area contributed by atoms with Crippen LogP contribution in [0.2, 0.25) is 0 Å². The summed E-state index contributed by atoms with van der Waals surface area (Å²) in [4.78, 5) is 2.20. The number of nitrogens with one attached hydrogen (secondary N) is 1. The van der Waals surface area contributed by atoms with E-state index in [1.165, 1.54) is 11.1 Å². The standard InChI is InChI=1S/C22H31BrN2O2.2ClH/c1-5-26-21-14-19(15-24-11-6-12-25(3)4)13-20(23)22(21)27-16-18-9-7-17(2)8-10-18;;/h7-10,13-14,24H,5-6,11-12,15-16H2,1-4H3;2*1H. The summed E-state index contributed by atoms with van der Waals surface area (Å²) >= 11 is 3.66. The van der Waals surface area contributed by atoms with Gasteiger partial charge in [-0.15, -0.1) is 24.8 Å². The molecule has 0 radical (unpaired) electrons. The Labute approximate surface area is 196 Å². The Bertz CT molecular complexity index is 713. The molecular weight excluding hydrogens is 475 g/mol. The van der Waals surface area contributed by atoms with Gasteiger partial charge in [-0.3, -0.25) is 0 Å². The highest BCUT2D eigenvalue weighted by Crippen LogP contribution is 2.37. The lowest BCUT2D eigenvalue weighted by atomic mass is 10.1. The van der Waals surface area contributed by atoms with Crippen LogP contribution in [0.15, 0.2) is 40.9 Å². The van der Waals surface area contributed by atoms with Crippen LogP contribution in [0.1, 0.15) is 30.0 Å². The number of benzene rings is 2. The van der Waals surface area contributed by atoms with Crippen LogP contribution in [-0.4, -0.2) is 38.7 Å². The zero-order valence-corrected chi connectivity index (χ0v) is 20.9. The van der Waals surface area contributed by atoms with Crippen LogP contribution in [0, 0.1) is 6.92 Å². The molecule has 4 nitrogen and oxygen atoms in total. The summed E-state index contributed by atoms with van der Waals surface area (Å²) < 4.78 is 12.8. The summed E-state index contributed by atoms with van der Waals surface area (Å²) in [6.45, 7) is 8.09. The van der Waals surface area contributed by atoms with Crippen LogP contribution < -0.4 is 14.8 Å². The molecule has 0 aromatic heterocycles. The van der Waals surface area contributed by atoms with Crippen LogP contribution in [0.3, 0.4) is 0 Å². The Morgan fingerprint density at radius 1 is 1.00 bits per heavy atom. The van der Waals surface area contributed by atoms with Crippen molar-refractivity contribution in [1.29, 1.82) is 0 Å². The Balaban J connectivity index is 0.00000392. The summed E-state index contributed by atoms with van der Waals surface area (Å²) in [6.07, 6.45) is 1.13. The summed E-state index contributed by atoms with van der Waals surface area (Å²) in [5, 5.41) is 3.49. The molecule has 164 valence electrons. The Morgan fingerprint density at radius 2 is 1.69 bits per heavy atom. The highest BCUT2D eigenvalue weighted by Gasteiger charge is 2.12. The molecule has 2 aromatic carbocycles. The normalized spacial score (nSPS) is 10.3. The third-order valence-electron chi connectivity index (χ3n) is 4.16. The molecule has 2 rings (SSSR count). The van der Waals surface area contributed by atoms with E-state index in [4.69, 9.17) is 9.47 Å². The molecule has 1 N–H and O–H groups in total. The fraction of sp³-hybridized carbons (Fsp3) is 0.455. The highest BCUT2D eigenvalue weighted by atomic mass is 79.9. The Morgan fingerprint density at radius 3 is 2.31 bits per heavy atom. The molecule has 2 aromatic rings. The van der Waals surface area contributed by atoms with E-state index in [0.717, 1.165) is 47.6 Å². The molecule has 0 saturated heterocycles. The van der Waals surface area contributed by atoms with Crippen molar-refractivity contribution in [3.05, 3.63) is 57.6 Å². The average molecular weight is 508 g/mol. The van der Waals surface area contributed by atoms with Gasteiger partial charge in [0.05, 0.1) is 11.1 Å². The largest absolute Gasteiger partial charge is 0.490 e. The summed E-state index contributed by atoms with van der Waals surface area (Å²) in [5.41, 5.74) is 3.57. The van der Waals surface area contributed by atoms with Gasteiger partial charge in [-0.1, -0.05) is 29.8 Å². The van der Waals surface area contributed by atoms with E-state index in [-0.39, 0.29) is 24.8 Å². The molecule has 0 fully saturated rings. The van der Waals surface area contributed by atoms with E-state index >= 15 is 0 Å². The maximum Gasteiger partial charge on any atom is 0.175 e. The van der Waals surface area contributed by atoms with E-state index in [0.29, 0.717) is 13.2 Å². The van der Waals surface area contributed by atoms with E-state index in [2.05, 4.69) is 83.6 Å². The van der Waals surface area contributed by atoms with Crippen molar-refractivity contribution >= 4 is 40.7 Å². The predicted molar refractivity (Wildman–Crippen MR) is 130 cm³/mol. The number of nitrogens with zero attached hydrogens (tertiary/aromatic N) is 1. The molecule has 0 aliphatic heterocycles. The minimum atomic E-state index is 0. The van der Waals surface area contributed by atoms with Crippen LogP contribution in [-0.2, 0) is 13.2 Å². The zero-order chi connectivity index (χ0) is 19.6. The number of ether oxygens (including phenoxy) is 2. The van der Waals surface area contributed by atoms with Gasteiger partial charge in [0.15, 0.2) is 11.5 Å². The molecule has 7 heteroatoms. The number of hydrogen-bond acceptors (Lipinski definition) is 4. The van der Waals surface area contributed by atoms with Gasteiger partial charge in [-0.05, 0) is 86.6 Å². The van der Waals surface area contributed by atoms with Crippen molar-refractivity contribution in [1.82, 2.24) is 10.2 Å². The molecule has 0 saturated carbocycles. The summed E-state index contributed by atoms with van der Waals surface area (Å²) in [5.74, 6) is 1.54. The second kappa shape index (κ2) is 14.9. The van der Waals surface area contributed by atoms with Gasteiger partial charge in [0.25, 0.3) is 0 Å². The molecule has 0 unspecified atom stereocenters. The maximum atomic E-state index is 6.07. The first-order chi connectivity index (χ1) is 13.0. The number of hydrogen-bond donors (Lipinski definition) is 1. The SMILES string of the molecule is CCOc1cc(CNCCCN(C)C)cc(Br)c1OCc1ccc(C)cc1.Cl.Cl. The molecule has 0 amide bonds. The van der Waals surface area contributed by atoms with E-state index < -0.39 is 0 Å². The molecule has 0 heterocycles. The monoisotopic (exact) mass is 506 g/mol. The minimum absolute atomic E-state index is 0. The lowest BCUT2D eigenvalue weighted by Crippen LogP contribution is -2.21. The van der Waals surface area contributed by atoms with Crippen molar-refractivity contribution in [2.45, 2.75) is 33.4 Å². The van der Waals surface area contributed by atoms with Crippen LogP contribution in [0.25, 0.3) is 0 Å². The lowest BCUT2D eigenvalue weighted by molar-refractivity contribution is 0.267. The summed E-state index contributed by atoms with van der Waals surface area (Å²) in [7, 11) is 4.20. The molecule has 0 aliphatic carbocycles. The number of rotatable bonds is 11. The fourth-order valence-corrected chi connectivity index (χ4v) is 3.32. The quantitative estimate of drug-likeness (QED) is 0.400. The van der Waals surface area contributed by atoms with E-state index in [9.17, 15) is 0 Å². The maximum absolute atomic E-state index is 6.07. The van der Waals surface area contributed by atoms with Gasteiger partial charge >= 0.3 is 0 Å². The van der Waals surface area contributed by atoms with Gasteiger partial charge < -0.3 is 19.7 Å². The van der Waals surface area contributed by atoms with E-state index in [1.807, 2.05) is 6.92 Å². The van der Waals surface area contributed by atoms with Crippen molar-refractivity contribution in [3.63, 3.8) is 0 Å². The van der Waals surface area contributed by atoms with Crippen molar-refractivity contribution < 1.29 is 9.47 Å². The first-order valence-corrected chi connectivity index (χ1v) is 10.3. The van der Waals surface area contributed by atoms with Gasteiger partial charge in [-0.25, -0.2) is 0 Å². The molecule has 0 bridgehead atoms. The summed E-state index contributed by atoms with van der Waals surface area (Å²) in [6, 6.07) is 12.6. The van der Waals surface area contributed by atoms with Crippen molar-refractivity contribution in [2.75, 3.05) is 33.8 Å².